The first-order valence-electron chi connectivity index (χ1n) is 3.53. The van der Waals surface area contributed by atoms with Crippen LogP contribution in [0.5, 0.6) is 0 Å². The van der Waals surface area contributed by atoms with E-state index in [9.17, 15) is 0 Å². The van der Waals surface area contributed by atoms with Gasteiger partial charge in [-0.05, 0) is 23.0 Å². The highest BCUT2D eigenvalue weighted by molar-refractivity contribution is 7.77. The molecule has 0 bridgehead atoms. The Hall–Kier alpha value is -0.550. The standard InChI is InChI=1S/C8H11NO2S/c1-10-9(12)11-7-8-5-3-2-4-6-8/h2-6,12H,7H2,1H3. The molecule has 0 aliphatic heterocycles. The van der Waals surface area contributed by atoms with Gasteiger partial charge in [0.25, 0.3) is 0 Å². The van der Waals surface area contributed by atoms with Crippen LogP contribution in [0.15, 0.2) is 30.3 Å². The van der Waals surface area contributed by atoms with Gasteiger partial charge in [0.15, 0.2) is 0 Å². The first-order valence-corrected chi connectivity index (χ1v) is 3.93. The van der Waals surface area contributed by atoms with Crippen LogP contribution in [-0.4, -0.2) is 11.7 Å². The van der Waals surface area contributed by atoms with Crippen molar-refractivity contribution in [2.45, 2.75) is 6.61 Å². The molecule has 4 heteroatoms. The summed E-state index contributed by atoms with van der Waals surface area (Å²) in [6.07, 6.45) is 0. The van der Waals surface area contributed by atoms with Gasteiger partial charge in [-0.15, -0.1) is 0 Å². The summed E-state index contributed by atoms with van der Waals surface area (Å²) >= 11 is 3.85. The Kier molecular flexibility index (Phi) is 4.10. The van der Waals surface area contributed by atoms with Gasteiger partial charge in [-0.25, -0.2) is 0 Å². The van der Waals surface area contributed by atoms with E-state index < -0.39 is 0 Å². The predicted molar refractivity (Wildman–Crippen MR) is 49.1 cm³/mol. The lowest BCUT2D eigenvalue weighted by atomic mass is 10.2. The highest BCUT2D eigenvalue weighted by atomic mass is 32.1. The fraction of sp³-hybridized carbons (Fsp3) is 0.250. The quantitative estimate of drug-likeness (QED) is 0.571. The molecule has 0 amide bonds. The lowest BCUT2D eigenvalue weighted by Crippen LogP contribution is -2.10. The Bertz CT molecular complexity index is 218. The third-order valence-corrected chi connectivity index (χ3v) is 1.62. The molecule has 0 atom stereocenters. The molecule has 0 saturated carbocycles. The lowest BCUT2D eigenvalue weighted by Gasteiger charge is -2.10. The molecular formula is C8H11NO2S. The number of hydrogen-bond donors (Lipinski definition) is 1. The molecule has 0 unspecified atom stereocenters. The van der Waals surface area contributed by atoms with Gasteiger partial charge in [0.1, 0.15) is 0 Å². The highest BCUT2D eigenvalue weighted by Crippen LogP contribution is 2.03. The maximum absolute atomic E-state index is 5.05. The van der Waals surface area contributed by atoms with Gasteiger partial charge in [0.2, 0.25) is 0 Å². The van der Waals surface area contributed by atoms with Gasteiger partial charge in [-0.3, -0.25) is 9.68 Å². The fourth-order valence-corrected chi connectivity index (χ4v) is 0.814. The van der Waals surface area contributed by atoms with Crippen molar-refractivity contribution >= 4 is 12.8 Å². The second kappa shape index (κ2) is 5.16. The molecule has 1 aromatic carbocycles. The molecule has 1 rings (SSSR count). The molecule has 0 aliphatic rings. The van der Waals surface area contributed by atoms with Gasteiger partial charge in [0, 0.05) is 0 Å². The van der Waals surface area contributed by atoms with Crippen molar-refractivity contribution in [1.29, 1.82) is 0 Å². The molecule has 1 aromatic rings. The molecule has 0 saturated heterocycles. The number of benzene rings is 1. The van der Waals surface area contributed by atoms with E-state index in [0.717, 1.165) is 10.2 Å². The summed E-state index contributed by atoms with van der Waals surface area (Å²) in [5, 5.41) is 0. The summed E-state index contributed by atoms with van der Waals surface area (Å²) in [6, 6.07) is 9.80. The van der Waals surface area contributed by atoms with E-state index in [4.69, 9.17) is 4.84 Å². The monoisotopic (exact) mass is 185 g/mol. The Labute approximate surface area is 77.3 Å². The largest absolute Gasteiger partial charge is 0.268 e. The van der Waals surface area contributed by atoms with Gasteiger partial charge < -0.3 is 0 Å². The fourth-order valence-electron chi connectivity index (χ4n) is 0.757. The minimum atomic E-state index is 0.457. The average Bonchev–Trinajstić information content (AvgIpc) is 2.16. The van der Waals surface area contributed by atoms with Crippen LogP contribution in [0.4, 0.5) is 0 Å². The predicted octanol–water partition coefficient (Wildman–Crippen LogP) is 1.83. The first kappa shape index (κ1) is 9.54. The highest BCUT2D eigenvalue weighted by Gasteiger charge is 1.96. The molecule has 0 N–H and O–H groups in total. The zero-order chi connectivity index (χ0) is 8.81. The molecule has 0 aliphatic carbocycles. The Balaban J connectivity index is 2.33. The van der Waals surface area contributed by atoms with Crippen molar-refractivity contribution in [2.75, 3.05) is 7.11 Å². The molecule has 0 radical (unpaired) electrons. The molecule has 0 heterocycles. The lowest BCUT2D eigenvalue weighted by molar-refractivity contribution is -0.284. The van der Waals surface area contributed by atoms with Crippen molar-refractivity contribution < 1.29 is 9.68 Å². The topological polar surface area (TPSA) is 21.7 Å². The maximum Gasteiger partial charge on any atom is 0.0972 e. The summed E-state index contributed by atoms with van der Waals surface area (Å²) in [4.78, 5) is 9.70. The van der Waals surface area contributed by atoms with E-state index in [1.165, 1.54) is 7.11 Å². The number of thiol groups is 1. The van der Waals surface area contributed by atoms with E-state index in [1.54, 1.807) is 0 Å². The number of nitrogens with zero attached hydrogens (tertiary/aromatic N) is 1. The molecule has 0 spiro atoms. The molecule has 12 heavy (non-hydrogen) atoms. The summed E-state index contributed by atoms with van der Waals surface area (Å²) in [6.45, 7) is 0.457. The number of rotatable bonds is 4. The Morgan fingerprint density at radius 3 is 2.58 bits per heavy atom. The zero-order valence-electron chi connectivity index (χ0n) is 6.80. The van der Waals surface area contributed by atoms with Crippen LogP contribution >= 0.6 is 12.8 Å². The molecule has 0 fully saturated rings. The molecular weight excluding hydrogens is 174 g/mol. The van der Waals surface area contributed by atoms with Crippen LogP contribution < -0.4 is 0 Å². The van der Waals surface area contributed by atoms with Crippen LogP contribution in [-0.2, 0) is 16.3 Å². The average molecular weight is 185 g/mol. The summed E-state index contributed by atoms with van der Waals surface area (Å²) in [5.41, 5.74) is 1.08. The SMILES string of the molecule is CON(S)OCc1ccccc1. The van der Waals surface area contributed by atoms with Crippen molar-refractivity contribution in [3.63, 3.8) is 0 Å². The van der Waals surface area contributed by atoms with E-state index in [1.807, 2.05) is 30.3 Å². The van der Waals surface area contributed by atoms with Crippen molar-refractivity contribution in [1.82, 2.24) is 4.63 Å². The minimum absolute atomic E-state index is 0.457. The van der Waals surface area contributed by atoms with Crippen LogP contribution in [0, 0.1) is 0 Å². The molecule has 3 nitrogen and oxygen atoms in total. The van der Waals surface area contributed by atoms with Gasteiger partial charge in [-0.1, -0.05) is 30.3 Å². The Morgan fingerprint density at radius 1 is 1.33 bits per heavy atom. The summed E-state index contributed by atoms with van der Waals surface area (Å²) < 4.78 is 1.02. The third-order valence-electron chi connectivity index (χ3n) is 1.34. The molecule has 66 valence electrons. The van der Waals surface area contributed by atoms with E-state index in [0.29, 0.717) is 6.61 Å². The van der Waals surface area contributed by atoms with E-state index in [-0.39, 0.29) is 0 Å². The second-order valence-corrected chi connectivity index (χ2v) is 2.51. The van der Waals surface area contributed by atoms with E-state index in [2.05, 4.69) is 17.7 Å². The summed E-state index contributed by atoms with van der Waals surface area (Å²) in [7, 11) is 1.48. The van der Waals surface area contributed by atoms with Crippen molar-refractivity contribution in [3.05, 3.63) is 35.9 Å². The van der Waals surface area contributed by atoms with Crippen LogP contribution in [0.1, 0.15) is 5.56 Å². The summed E-state index contributed by atoms with van der Waals surface area (Å²) in [5.74, 6) is 0. The van der Waals surface area contributed by atoms with Crippen LogP contribution in [0.25, 0.3) is 0 Å². The van der Waals surface area contributed by atoms with E-state index >= 15 is 0 Å². The zero-order valence-corrected chi connectivity index (χ0v) is 7.70. The van der Waals surface area contributed by atoms with Gasteiger partial charge in [0.05, 0.1) is 13.7 Å². The first-order chi connectivity index (χ1) is 5.83. The van der Waals surface area contributed by atoms with Crippen molar-refractivity contribution in [3.8, 4) is 0 Å². The smallest absolute Gasteiger partial charge is 0.0972 e. The third kappa shape index (κ3) is 3.23. The van der Waals surface area contributed by atoms with Crippen molar-refractivity contribution in [2.24, 2.45) is 0 Å². The maximum atomic E-state index is 5.05. The number of hydrogen-bond acceptors (Lipinski definition) is 4. The Morgan fingerprint density at radius 2 is 2.00 bits per heavy atom. The normalized spacial score (nSPS) is 10.6. The van der Waals surface area contributed by atoms with Gasteiger partial charge >= 0.3 is 0 Å². The van der Waals surface area contributed by atoms with Crippen LogP contribution in [0.2, 0.25) is 0 Å². The second-order valence-electron chi connectivity index (χ2n) is 2.18. The van der Waals surface area contributed by atoms with Crippen LogP contribution in [0.3, 0.4) is 0 Å². The van der Waals surface area contributed by atoms with Gasteiger partial charge in [-0.2, -0.15) is 0 Å². The minimum Gasteiger partial charge on any atom is -0.268 e. The molecule has 0 aromatic heterocycles.